The zero-order valence-corrected chi connectivity index (χ0v) is 19.1. The van der Waals surface area contributed by atoms with Gasteiger partial charge in [0.15, 0.2) is 0 Å². The van der Waals surface area contributed by atoms with Crippen molar-refractivity contribution in [2.75, 3.05) is 31.3 Å². The summed E-state index contributed by atoms with van der Waals surface area (Å²) in [5.41, 5.74) is 1.07. The number of hydrogen-bond acceptors (Lipinski definition) is 5. The molecular weight excluding hydrogens is 414 g/mol. The summed E-state index contributed by atoms with van der Waals surface area (Å²) in [6.07, 6.45) is 0. The van der Waals surface area contributed by atoms with Crippen LogP contribution in [0.2, 0.25) is 0 Å². The predicted octanol–water partition coefficient (Wildman–Crippen LogP) is 3.41. The van der Waals surface area contributed by atoms with Gasteiger partial charge in [0.25, 0.3) is 5.91 Å². The standard InChI is InChI=1S/C23H29N3O4S/c1-5-26(14-21(27)25-17-9-8-10-18(13-17)30-4)23(29)19-11-6-7-12-20(19)31-15-22(28)24-16(2)3/h6-13,16H,5,14-15H2,1-4H3,(H,24,28)(H,25,27). The van der Waals surface area contributed by atoms with Crippen molar-refractivity contribution in [3.8, 4) is 5.75 Å². The lowest BCUT2D eigenvalue weighted by Crippen LogP contribution is -2.38. The summed E-state index contributed by atoms with van der Waals surface area (Å²) in [6, 6.07) is 14.2. The van der Waals surface area contributed by atoms with Crippen LogP contribution in [-0.4, -0.2) is 54.6 Å². The van der Waals surface area contributed by atoms with Gasteiger partial charge in [0, 0.05) is 29.2 Å². The summed E-state index contributed by atoms with van der Waals surface area (Å²) >= 11 is 1.30. The smallest absolute Gasteiger partial charge is 0.255 e. The van der Waals surface area contributed by atoms with Crippen molar-refractivity contribution in [1.82, 2.24) is 10.2 Å². The Balaban J connectivity index is 2.06. The number of thioether (sulfide) groups is 1. The van der Waals surface area contributed by atoms with E-state index in [9.17, 15) is 14.4 Å². The lowest BCUT2D eigenvalue weighted by Gasteiger charge is -2.22. The minimum Gasteiger partial charge on any atom is -0.497 e. The average Bonchev–Trinajstić information content (AvgIpc) is 2.75. The molecular formula is C23H29N3O4S. The van der Waals surface area contributed by atoms with E-state index in [1.165, 1.54) is 16.7 Å². The molecule has 166 valence electrons. The Bertz CT molecular complexity index is 917. The van der Waals surface area contributed by atoms with Gasteiger partial charge >= 0.3 is 0 Å². The Morgan fingerprint density at radius 1 is 1.06 bits per heavy atom. The zero-order valence-electron chi connectivity index (χ0n) is 18.3. The molecule has 0 aliphatic heterocycles. The lowest BCUT2D eigenvalue weighted by molar-refractivity contribution is -0.119. The molecule has 2 aromatic rings. The van der Waals surface area contributed by atoms with Crippen molar-refractivity contribution in [2.24, 2.45) is 0 Å². The fourth-order valence-electron chi connectivity index (χ4n) is 2.85. The highest BCUT2D eigenvalue weighted by atomic mass is 32.2. The molecule has 7 nitrogen and oxygen atoms in total. The van der Waals surface area contributed by atoms with Crippen molar-refractivity contribution in [1.29, 1.82) is 0 Å². The monoisotopic (exact) mass is 443 g/mol. The van der Waals surface area contributed by atoms with E-state index in [0.29, 0.717) is 28.4 Å². The Morgan fingerprint density at radius 2 is 1.81 bits per heavy atom. The average molecular weight is 444 g/mol. The molecule has 0 spiro atoms. The van der Waals surface area contributed by atoms with Crippen molar-refractivity contribution < 1.29 is 19.1 Å². The number of likely N-dealkylation sites (N-methyl/N-ethyl adjacent to an activating group) is 1. The van der Waals surface area contributed by atoms with Gasteiger partial charge in [0.2, 0.25) is 11.8 Å². The second kappa shape index (κ2) is 12.0. The van der Waals surface area contributed by atoms with Crippen molar-refractivity contribution in [3.63, 3.8) is 0 Å². The van der Waals surface area contributed by atoms with Gasteiger partial charge in [-0.15, -0.1) is 11.8 Å². The molecule has 0 atom stereocenters. The van der Waals surface area contributed by atoms with Gasteiger partial charge in [-0.3, -0.25) is 14.4 Å². The molecule has 0 bridgehead atoms. The zero-order chi connectivity index (χ0) is 22.8. The molecule has 0 aliphatic carbocycles. The number of nitrogens with one attached hydrogen (secondary N) is 2. The van der Waals surface area contributed by atoms with Crippen LogP contribution in [0.5, 0.6) is 5.75 Å². The molecule has 0 unspecified atom stereocenters. The number of ether oxygens (including phenoxy) is 1. The summed E-state index contributed by atoms with van der Waals surface area (Å²) in [5.74, 6) is 0.201. The van der Waals surface area contributed by atoms with E-state index >= 15 is 0 Å². The highest BCUT2D eigenvalue weighted by Crippen LogP contribution is 2.24. The number of amides is 3. The minimum absolute atomic E-state index is 0.0589. The van der Waals surface area contributed by atoms with E-state index in [0.717, 1.165) is 0 Å². The maximum atomic E-state index is 13.1. The number of rotatable bonds is 10. The number of nitrogens with zero attached hydrogens (tertiary/aromatic N) is 1. The topological polar surface area (TPSA) is 87.7 Å². The number of anilines is 1. The van der Waals surface area contributed by atoms with Crippen LogP contribution < -0.4 is 15.4 Å². The molecule has 0 radical (unpaired) electrons. The molecule has 0 saturated carbocycles. The summed E-state index contributed by atoms with van der Waals surface area (Å²) in [5, 5.41) is 5.63. The molecule has 0 fully saturated rings. The largest absolute Gasteiger partial charge is 0.497 e. The molecule has 0 aliphatic rings. The van der Waals surface area contributed by atoms with Crippen LogP contribution in [0.25, 0.3) is 0 Å². The van der Waals surface area contributed by atoms with Crippen LogP contribution in [0.4, 0.5) is 5.69 Å². The van der Waals surface area contributed by atoms with Gasteiger partial charge in [-0.25, -0.2) is 0 Å². The van der Waals surface area contributed by atoms with Crippen LogP contribution in [-0.2, 0) is 9.59 Å². The third-order valence-corrected chi connectivity index (χ3v) is 5.36. The van der Waals surface area contributed by atoms with Crippen molar-refractivity contribution in [2.45, 2.75) is 31.7 Å². The molecule has 2 rings (SSSR count). The van der Waals surface area contributed by atoms with Crippen LogP contribution >= 0.6 is 11.8 Å². The van der Waals surface area contributed by atoms with E-state index in [-0.39, 0.29) is 36.1 Å². The van der Waals surface area contributed by atoms with Gasteiger partial charge in [-0.05, 0) is 45.0 Å². The van der Waals surface area contributed by atoms with E-state index in [4.69, 9.17) is 4.74 Å². The molecule has 0 saturated heterocycles. The summed E-state index contributed by atoms with van der Waals surface area (Å²) in [4.78, 5) is 39.8. The van der Waals surface area contributed by atoms with Crippen molar-refractivity contribution in [3.05, 3.63) is 54.1 Å². The quantitative estimate of drug-likeness (QED) is 0.550. The van der Waals surface area contributed by atoms with Crippen LogP contribution in [0, 0.1) is 0 Å². The van der Waals surface area contributed by atoms with Gasteiger partial charge in [0.05, 0.1) is 18.4 Å². The maximum Gasteiger partial charge on any atom is 0.255 e. The molecule has 3 amide bonds. The van der Waals surface area contributed by atoms with Gasteiger partial charge in [0.1, 0.15) is 12.3 Å². The summed E-state index contributed by atoms with van der Waals surface area (Å²) < 4.78 is 5.16. The number of carbonyl (C=O) groups is 3. The maximum absolute atomic E-state index is 13.1. The fraction of sp³-hybridized carbons (Fsp3) is 0.348. The highest BCUT2D eigenvalue weighted by molar-refractivity contribution is 8.00. The number of carbonyl (C=O) groups excluding carboxylic acids is 3. The minimum atomic E-state index is -0.301. The predicted molar refractivity (Wildman–Crippen MR) is 124 cm³/mol. The number of methoxy groups -OCH3 is 1. The highest BCUT2D eigenvalue weighted by Gasteiger charge is 2.20. The first-order chi connectivity index (χ1) is 14.8. The molecule has 2 N–H and O–H groups in total. The number of hydrogen-bond donors (Lipinski definition) is 2. The van der Waals surface area contributed by atoms with E-state index < -0.39 is 0 Å². The molecule has 0 aromatic heterocycles. The van der Waals surface area contributed by atoms with E-state index in [1.54, 1.807) is 43.5 Å². The van der Waals surface area contributed by atoms with Crippen molar-refractivity contribution >= 4 is 35.2 Å². The molecule has 8 heteroatoms. The third kappa shape index (κ3) is 7.64. The Labute approximate surface area is 187 Å². The van der Waals surface area contributed by atoms with Gasteiger partial charge < -0.3 is 20.3 Å². The van der Waals surface area contributed by atoms with Crippen LogP contribution in [0.15, 0.2) is 53.4 Å². The first kappa shape index (κ1) is 24.3. The third-order valence-electron chi connectivity index (χ3n) is 4.28. The Morgan fingerprint density at radius 3 is 2.48 bits per heavy atom. The second-order valence-corrected chi connectivity index (χ2v) is 8.12. The fourth-order valence-corrected chi connectivity index (χ4v) is 3.70. The Hall–Kier alpha value is -3.00. The molecule has 31 heavy (non-hydrogen) atoms. The molecule has 0 heterocycles. The normalized spacial score (nSPS) is 10.5. The van der Waals surface area contributed by atoms with Crippen LogP contribution in [0.1, 0.15) is 31.1 Å². The Kier molecular flexibility index (Phi) is 9.40. The molecule has 2 aromatic carbocycles. The lowest BCUT2D eigenvalue weighted by atomic mass is 10.2. The first-order valence-electron chi connectivity index (χ1n) is 10.1. The van der Waals surface area contributed by atoms with E-state index in [2.05, 4.69) is 10.6 Å². The summed E-state index contributed by atoms with van der Waals surface area (Å²) in [7, 11) is 1.56. The SMILES string of the molecule is CCN(CC(=O)Nc1cccc(OC)c1)C(=O)c1ccccc1SCC(=O)NC(C)C. The van der Waals surface area contributed by atoms with Gasteiger partial charge in [-0.2, -0.15) is 0 Å². The van der Waals surface area contributed by atoms with Crippen LogP contribution in [0.3, 0.4) is 0 Å². The summed E-state index contributed by atoms with van der Waals surface area (Å²) in [6.45, 7) is 5.91. The second-order valence-electron chi connectivity index (χ2n) is 7.11. The first-order valence-corrected chi connectivity index (χ1v) is 11.1. The number of benzene rings is 2. The van der Waals surface area contributed by atoms with E-state index in [1.807, 2.05) is 32.9 Å². The van der Waals surface area contributed by atoms with Gasteiger partial charge in [-0.1, -0.05) is 18.2 Å².